The van der Waals surface area contributed by atoms with Gasteiger partial charge in [-0.25, -0.2) is 4.79 Å². The SMILES string of the molecule is COc1ccc(CC[C@]2(C)NC(=O)N(CC(N)=O)C2=O)cc1. The molecule has 3 N–H and O–H groups in total. The minimum absolute atomic E-state index is 0.400. The third-order valence-corrected chi connectivity index (χ3v) is 3.73. The molecular weight excluding hydrogens is 286 g/mol. The molecule has 1 aliphatic rings. The van der Waals surface area contributed by atoms with E-state index in [9.17, 15) is 14.4 Å². The van der Waals surface area contributed by atoms with Gasteiger partial charge in [0.25, 0.3) is 5.91 Å². The zero-order valence-electron chi connectivity index (χ0n) is 12.6. The van der Waals surface area contributed by atoms with Crippen LogP contribution in [0.25, 0.3) is 0 Å². The van der Waals surface area contributed by atoms with Crippen molar-refractivity contribution in [2.75, 3.05) is 13.7 Å². The Bertz CT molecular complexity index is 599. The number of nitrogens with zero attached hydrogens (tertiary/aromatic N) is 1. The molecule has 1 aromatic rings. The van der Waals surface area contributed by atoms with Crippen LogP contribution in [0.1, 0.15) is 18.9 Å². The maximum absolute atomic E-state index is 12.3. The second-order valence-electron chi connectivity index (χ2n) is 5.47. The number of nitrogens with one attached hydrogen (secondary N) is 1. The van der Waals surface area contributed by atoms with Crippen LogP contribution in [-0.4, -0.2) is 41.9 Å². The summed E-state index contributed by atoms with van der Waals surface area (Å²) in [6.45, 7) is 1.25. The quantitative estimate of drug-likeness (QED) is 0.744. The molecule has 0 spiro atoms. The van der Waals surface area contributed by atoms with E-state index in [1.54, 1.807) is 14.0 Å². The van der Waals surface area contributed by atoms with Gasteiger partial charge in [0.1, 0.15) is 17.8 Å². The summed E-state index contributed by atoms with van der Waals surface area (Å²) in [5.74, 6) is -0.388. The Labute approximate surface area is 128 Å². The predicted molar refractivity (Wildman–Crippen MR) is 79.2 cm³/mol. The first-order valence-corrected chi connectivity index (χ1v) is 6.91. The summed E-state index contributed by atoms with van der Waals surface area (Å²) < 4.78 is 5.09. The molecule has 4 amide bonds. The largest absolute Gasteiger partial charge is 0.497 e. The van der Waals surface area contributed by atoms with Gasteiger partial charge in [0.05, 0.1) is 7.11 Å². The van der Waals surface area contributed by atoms with Crippen LogP contribution in [0.3, 0.4) is 0 Å². The van der Waals surface area contributed by atoms with E-state index in [-0.39, 0.29) is 0 Å². The molecule has 1 fully saturated rings. The van der Waals surface area contributed by atoms with Gasteiger partial charge >= 0.3 is 6.03 Å². The first-order valence-electron chi connectivity index (χ1n) is 6.91. The van der Waals surface area contributed by atoms with Crippen LogP contribution in [0.2, 0.25) is 0 Å². The normalized spacial score (nSPS) is 20.9. The summed E-state index contributed by atoms with van der Waals surface area (Å²) in [6.07, 6.45) is 1.04. The molecule has 0 bridgehead atoms. The van der Waals surface area contributed by atoms with Crippen molar-refractivity contribution in [1.29, 1.82) is 0 Å². The first-order chi connectivity index (χ1) is 10.4. The van der Waals surface area contributed by atoms with Crippen LogP contribution >= 0.6 is 0 Å². The average molecular weight is 305 g/mol. The van der Waals surface area contributed by atoms with Gasteiger partial charge in [-0.1, -0.05) is 12.1 Å². The monoisotopic (exact) mass is 305 g/mol. The topological polar surface area (TPSA) is 102 Å². The molecule has 1 heterocycles. The zero-order chi connectivity index (χ0) is 16.3. The number of hydrogen-bond acceptors (Lipinski definition) is 4. The number of benzene rings is 1. The zero-order valence-corrected chi connectivity index (χ0v) is 12.6. The highest BCUT2D eigenvalue weighted by molar-refractivity contribution is 6.08. The number of imide groups is 1. The molecule has 118 valence electrons. The van der Waals surface area contributed by atoms with Crippen LogP contribution in [-0.2, 0) is 16.0 Å². The van der Waals surface area contributed by atoms with E-state index >= 15 is 0 Å². The highest BCUT2D eigenvalue weighted by atomic mass is 16.5. The van der Waals surface area contributed by atoms with Gasteiger partial charge in [-0.3, -0.25) is 14.5 Å². The Morgan fingerprint density at radius 1 is 1.32 bits per heavy atom. The van der Waals surface area contributed by atoms with E-state index in [0.717, 1.165) is 16.2 Å². The fourth-order valence-electron chi connectivity index (χ4n) is 2.40. The van der Waals surface area contributed by atoms with E-state index in [0.29, 0.717) is 12.8 Å². The number of carbonyl (C=O) groups excluding carboxylic acids is 3. The molecule has 0 aromatic heterocycles. The lowest BCUT2D eigenvalue weighted by molar-refractivity contribution is -0.134. The molecule has 0 aliphatic carbocycles. The summed E-state index contributed by atoms with van der Waals surface area (Å²) in [5.41, 5.74) is 5.06. The molecule has 2 rings (SSSR count). The molecule has 1 atom stereocenters. The minimum Gasteiger partial charge on any atom is -0.497 e. The standard InChI is InChI=1S/C15H19N3O4/c1-15(8-7-10-3-5-11(22-2)6-4-10)13(20)18(9-12(16)19)14(21)17-15/h3-6H,7-9H2,1-2H3,(H2,16,19)(H,17,21)/t15-/m0/s1. The summed E-state index contributed by atoms with van der Waals surface area (Å²) in [4.78, 5) is 35.9. The second-order valence-corrected chi connectivity index (χ2v) is 5.47. The fourth-order valence-corrected chi connectivity index (χ4v) is 2.40. The molecule has 22 heavy (non-hydrogen) atoms. The Morgan fingerprint density at radius 2 is 1.95 bits per heavy atom. The van der Waals surface area contributed by atoms with Crippen molar-refractivity contribution in [2.24, 2.45) is 5.73 Å². The van der Waals surface area contributed by atoms with Crippen molar-refractivity contribution in [3.05, 3.63) is 29.8 Å². The van der Waals surface area contributed by atoms with Crippen molar-refractivity contribution < 1.29 is 19.1 Å². The van der Waals surface area contributed by atoms with Crippen molar-refractivity contribution in [1.82, 2.24) is 10.2 Å². The summed E-state index contributed by atoms with van der Waals surface area (Å²) in [6, 6.07) is 6.91. The average Bonchev–Trinajstić information content (AvgIpc) is 2.69. The van der Waals surface area contributed by atoms with Crippen LogP contribution < -0.4 is 15.8 Å². The Kier molecular flexibility index (Phi) is 4.35. The highest BCUT2D eigenvalue weighted by Crippen LogP contribution is 2.23. The lowest BCUT2D eigenvalue weighted by Crippen LogP contribution is -2.45. The Hall–Kier alpha value is -2.57. The van der Waals surface area contributed by atoms with Crippen LogP contribution in [0, 0.1) is 0 Å². The maximum Gasteiger partial charge on any atom is 0.325 e. The van der Waals surface area contributed by atoms with Gasteiger partial charge in [0, 0.05) is 0 Å². The number of ether oxygens (including phenoxy) is 1. The Morgan fingerprint density at radius 3 is 2.50 bits per heavy atom. The van der Waals surface area contributed by atoms with Crippen molar-refractivity contribution in [3.8, 4) is 5.75 Å². The summed E-state index contributed by atoms with van der Waals surface area (Å²) in [7, 11) is 1.59. The number of primary amides is 1. The van der Waals surface area contributed by atoms with Gasteiger partial charge in [-0.2, -0.15) is 0 Å². The molecular formula is C15H19N3O4. The minimum atomic E-state index is -1.02. The first kappa shape index (κ1) is 15.8. The smallest absolute Gasteiger partial charge is 0.325 e. The van der Waals surface area contributed by atoms with E-state index in [1.165, 1.54) is 0 Å². The highest BCUT2D eigenvalue weighted by Gasteiger charge is 2.47. The van der Waals surface area contributed by atoms with E-state index in [4.69, 9.17) is 10.5 Å². The number of amides is 4. The number of rotatable bonds is 6. The third-order valence-electron chi connectivity index (χ3n) is 3.73. The van der Waals surface area contributed by atoms with Crippen LogP contribution in [0.5, 0.6) is 5.75 Å². The van der Waals surface area contributed by atoms with Crippen molar-refractivity contribution in [3.63, 3.8) is 0 Å². The number of methoxy groups -OCH3 is 1. The van der Waals surface area contributed by atoms with Gasteiger partial charge in [-0.05, 0) is 37.5 Å². The van der Waals surface area contributed by atoms with E-state index in [2.05, 4.69) is 5.32 Å². The fraction of sp³-hybridized carbons (Fsp3) is 0.400. The molecule has 0 saturated carbocycles. The molecule has 0 unspecified atom stereocenters. The maximum atomic E-state index is 12.3. The van der Waals surface area contributed by atoms with E-state index in [1.807, 2.05) is 24.3 Å². The Balaban J connectivity index is 2.03. The molecule has 7 heteroatoms. The molecule has 0 radical (unpaired) electrons. The molecule has 1 aromatic carbocycles. The van der Waals surface area contributed by atoms with Crippen molar-refractivity contribution in [2.45, 2.75) is 25.3 Å². The number of nitrogens with two attached hydrogens (primary N) is 1. The van der Waals surface area contributed by atoms with Gasteiger partial charge < -0.3 is 15.8 Å². The van der Waals surface area contributed by atoms with Crippen LogP contribution in [0.4, 0.5) is 4.79 Å². The van der Waals surface area contributed by atoms with Gasteiger partial charge in [0.2, 0.25) is 5.91 Å². The number of aryl methyl sites for hydroxylation is 1. The van der Waals surface area contributed by atoms with E-state index < -0.39 is 29.9 Å². The number of carbonyl (C=O) groups is 3. The second kappa shape index (κ2) is 6.05. The molecule has 1 aliphatic heterocycles. The lowest BCUT2D eigenvalue weighted by Gasteiger charge is -2.21. The third kappa shape index (κ3) is 3.19. The van der Waals surface area contributed by atoms with Gasteiger partial charge in [0.15, 0.2) is 0 Å². The summed E-state index contributed by atoms with van der Waals surface area (Å²) in [5, 5.41) is 2.63. The number of hydrogen-bond donors (Lipinski definition) is 2. The summed E-state index contributed by atoms with van der Waals surface area (Å²) >= 11 is 0. The molecule has 1 saturated heterocycles. The van der Waals surface area contributed by atoms with Crippen molar-refractivity contribution >= 4 is 17.8 Å². The predicted octanol–water partition coefficient (Wildman–Crippen LogP) is 0.424. The molecule has 7 nitrogen and oxygen atoms in total. The van der Waals surface area contributed by atoms with Gasteiger partial charge in [-0.15, -0.1) is 0 Å². The van der Waals surface area contributed by atoms with Crippen LogP contribution in [0.15, 0.2) is 24.3 Å². The lowest BCUT2D eigenvalue weighted by atomic mass is 9.93. The number of urea groups is 1.